The van der Waals surface area contributed by atoms with Crippen LogP contribution in [0.4, 0.5) is 18.9 Å². The lowest BCUT2D eigenvalue weighted by Gasteiger charge is -2.10. The monoisotopic (exact) mass is 297 g/mol. The molecule has 0 saturated carbocycles. The third kappa shape index (κ3) is 5.18. The van der Waals surface area contributed by atoms with E-state index in [-0.39, 0.29) is 34.4 Å². The van der Waals surface area contributed by atoms with E-state index in [0.29, 0.717) is 5.69 Å². The van der Waals surface area contributed by atoms with Crippen molar-refractivity contribution in [2.24, 2.45) is 5.92 Å². The molecule has 18 heavy (non-hydrogen) atoms. The highest BCUT2D eigenvalue weighted by atomic mass is 35.5. The fourth-order valence-electron chi connectivity index (χ4n) is 1.08. The Balaban J connectivity index is 2.63. The number of nitrogens with one attached hydrogen (secondary N) is 1. The minimum Gasteiger partial charge on any atom is -0.326 e. The molecule has 0 aliphatic rings. The summed E-state index contributed by atoms with van der Waals surface area (Å²) in [6.45, 7) is 1.66. The van der Waals surface area contributed by atoms with Gasteiger partial charge >= 0.3 is 5.51 Å². The predicted octanol–water partition coefficient (Wildman–Crippen LogP) is 4.11. The van der Waals surface area contributed by atoms with Crippen LogP contribution in [-0.2, 0) is 4.79 Å². The van der Waals surface area contributed by atoms with Crippen LogP contribution in [0.3, 0.4) is 0 Å². The van der Waals surface area contributed by atoms with Crippen LogP contribution in [0.1, 0.15) is 6.92 Å². The van der Waals surface area contributed by atoms with Crippen molar-refractivity contribution in [2.75, 3.05) is 11.2 Å². The van der Waals surface area contributed by atoms with Crippen molar-refractivity contribution in [3.63, 3.8) is 0 Å². The highest BCUT2D eigenvalue weighted by Gasteiger charge is 2.29. The van der Waals surface area contributed by atoms with Gasteiger partial charge in [0, 0.05) is 22.4 Å². The molecule has 0 radical (unpaired) electrons. The van der Waals surface area contributed by atoms with E-state index in [0.717, 1.165) is 0 Å². The van der Waals surface area contributed by atoms with E-state index >= 15 is 0 Å². The van der Waals surface area contributed by atoms with Crippen molar-refractivity contribution in [2.45, 2.75) is 17.3 Å². The number of benzene rings is 1. The molecule has 2 nitrogen and oxygen atoms in total. The Kier molecular flexibility index (Phi) is 5.34. The molecule has 0 saturated heterocycles. The fraction of sp³-hybridized carbons (Fsp3) is 0.364. The molecule has 0 aliphatic carbocycles. The number of anilines is 1. The van der Waals surface area contributed by atoms with Gasteiger partial charge in [0.2, 0.25) is 5.91 Å². The maximum atomic E-state index is 12.1. The summed E-state index contributed by atoms with van der Waals surface area (Å²) in [6.07, 6.45) is 0. The predicted molar refractivity (Wildman–Crippen MR) is 66.9 cm³/mol. The van der Waals surface area contributed by atoms with Crippen LogP contribution >= 0.6 is 23.4 Å². The average Bonchev–Trinajstić information content (AvgIpc) is 2.28. The normalized spacial score (nSPS) is 13.2. The lowest BCUT2D eigenvalue weighted by molar-refractivity contribution is -0.118. The first-order chi connectivity index (χ1) is 8.31. The van der Waals surface area contributed by atoms with Crippen molar-refractivity contribution in [3.8, 4) is 0 Å². The van der Waals surface area contributed by atoms with Crippen LogP contribution in [0.15, 0.2) is 29.2 Å². The Morgan fingerprint density at radius 1 is 1.39 bits per heavy atom. The number of halogens is 4. The van der Waals surface area contributed by atoms with Gasteiger partial charge in [0.25, 0.3) is 0 Å². The molecule has 0 heterocycles. The lowest BCUT2D eigenvalue weighted by atomic mass is 10.2. The second kappa shape index (κ2) is 6.33. The molecule has 1 aromatic rings. The smallest absolute Gasteiger partial charge is 0.326 e. The fourth-order valence-corrected chi connectivity index (χ4v) is 1.76. The quantitative estimate of drug-likeness (QED) is 0.669. The molecule has 1 N–H and O–H groups in total. The number of amides is 1. The molecule has 0 aliphatic heterocycles. The summed E-state index contributed by atoms with van der Waals surface area (Å²) >= 11 is 5.33. The Hall–Kier alpha value is -0.880. The standard InChI is InChI=1S/C11H11ClF3NOS/c1-7(6-12)10(17)16-8-2-4-9(5-3-8)18-11(13,14)15/h2-5,7H,6H2,1H3,(H,16,17). The van der Waals surface area contributed by atoms with Gasteiger partial charge in [-0.25, -0.2) is 0 Å². The second-order valence-electron chi connectivity index (χ2n) is 3.62. The number of rotatable bonds is 4. The zero-order valence-corrected chi connectivity index (χ0v) is 11.0. The van der Waals surface area contributed by atoms with E-state index in [2.05, 4.69) is 5.32 Å². The largest absolute Gasteiger partial charge is 0.446 e. The van der Waals surface area contributed by atoms with Crippen molar-refractivity contribution < 1.29 is 18.0 Å². The van der Waals surface area contributed by atoms with Crippen molar-refractivity contribution in [1.82, 2.24) is 0 Å². The molecule has 1 amide bonds. The van der Waals surface area contributed by atoms with Crippen LogP contribution in [0.25, 0.3) is 0 Å². The number of carbonyl (C=O) groups is 1. The lowest BCUT2D eigenvalue weighted by Crippen LogP contribution is -2.21. The summed E-state index contributed by atoms with van der Waals surface area (Å²) in [5, 5.41) is 2.57. The molecule has 100 valence electrons. The average molecular weight is 298 g/mol. The molecule has 1 rings (SSSR count). The van der Waals surface area contributed by atoms with E-state index in [4.69, 9.17) is 11.6 Å². The summed E-state index contributed by atoms with van der Waals surface area (Å²) in [6, 6.07) is 5.46. The number of thioether (sulfide) groups is 1. The van der Waals surface area contributed by atoms with E-state index < -0.39 is 5.51 Å². The molecule has 1 atom stereocenters. The van der Waals surface area contributed by atoms with E-state index in [9.17, 15) is 18.0 Å². The van der Waals surface area contributed by atoms with Gasteiger partial charge in [0.1, 0.15) is 0 Å². The highest BCUT2D eigenvalue weighted by Crippen LogP contribution is 2.37. The van der Waals surface area contributed by atoms with Gasteiger partial charge in [-0.3, -0.25) is 4.79 Å². The highest BCUT2D eigenvalue weighted by molar-refractivity contribution is 8.00. The molecule has 0 spiro atoms. The molecule has 0 aromatic heterocycles. The van der Waals surface area contributed by atoms with Gasteiger partial charge in [-0.2, -0.15) is 13.2 Å². The van der Waals surface area contributed by atoms with Crippen LogP contribution < -0.4 is 5.32 Å². The SMILES string of the molecule is CC(CCl)C(=O)Nc1ccc(SC(F)(F)F)cc1. The number of hydrogen-bond donors (Lipinski definition) is 1. The number of hydrogen-bond acceptors (Lipinski definition) is 2. The van der Waals surface area contributed by atoms with Crippen molar-refractivity contribution >= 4 is 35.0 Å². The van der Waals surface area contributed by atoms with Crippen molar-refractivity contribution in [3.05, 3.63) is 24.3 Å². The van der Waals surface area contributed by atoms with Gasteiger partial charge in [-0.05, 0) is 36.0 Å². The summed E-state index contributed by atoms with van der Waals surface area (Å²) in [7, 11) is 0. The van der Waals surface area contributed by atoms with Gasteiger partial charge in [0.05, 0.1) is 0 Å². The van der Waals surface area contributed by atoms with E-state index in [1.54, 1.807) is 6.92 Å². The molecule has 0 bridgehead atoms. The van der Waals surface area contributed by atoms with Crippen molar-refractivity contribution in [1.29, 1.82) is 0 Å². The van der Waals surface area contributed by atoms with Gasteiger partial charge in [-0.15, -0.1) is 11.6 Å². The zero-order valence-electron chi connectivity index (χ0n) is 9.42. The number of alkyl halides is 4. The van der Waals surface area contributed by atoms with E-state index in [1.165, 1.54) is 24.3 Å². The van der Waals surface area contributed by atoms with Gasteiger partial charge < -0.3 is 5.32 Å². The van der Waals surface area contributed by atoms with Crippen LogP contribution in [0.5, 0.6) is 0 Å². The molecular formula is C11H11ClF3NOS. The molecular weight excluding hydrogens is 287 g/mol. The second-order valence-corrected chi connectivity index (χ2v) is 5.06. The van der Waals surface area contributed by atoms with Crippen LogP contribution in [0.2, 0.25) is 0 Å². The van der Waals surface area contributed by atoms with Crippen LogP contribution in [-0.4, -0.2) is 17.3 Å². The first-order valence-corrected chi connectivity index (χ1v) is 6.39. The first kappa shape index (κ1) is 15.2. The summed E-state index contributed by atoms with van der Waals surface area (Å²) in [5.74, 6) is -0.425. The third-order valence-electron chi connectivity index (χ3n) is 2.03. The topological polar surface area (TPSA) is 29.1 Å². The van der Waals surface area contributed by atoms with Gasteiger partial charge in [-0.1, -0.05) is 6.92 Å². The third-order valence-corrected chi connectivity index (χ3v) is 3.24. The maximum absolute atomic E-state index is 12.1. The Labute approximate surface area is 112 Å². The van der Waals surface area contributed by atoms with Crippen LogP contribution in [0, 0.1) is 5.92 Å². The Morgan fingerprint density at radius 2 is 1.94 bits per heavy atom. The summed E-state index contributed by atoms with van der Waals surface area (Å²) in [4.78, 5) is 11.6. The minimum absolute atomic E-state index is 0.0749. The molecule has 0 fully saturated rings. The maximum Gasteiger partial charge on any atom is 0.446 e. The first-order valence-electron chi connectivity index (χ1n) is 5.04. The summed E-state index contributed by atoms with van der Waals surface area (Å²) < 4.78 is 36.2. The minimum atomic E-state index is -4.31. The van der Waals surface area contributed by atoms with Gasteiger partial charge in [0.15, 0.2) is 0 Å². The number of carbonyl (C=O) groups excluding carboxylic acids is 1. The molecule has 1 aromatic carbocycles. The summed E-state index contributed by atoms with van der Waals surface area (Å²) in [5.41, 5.74) is -3.86. The Morgan fingerprint density at radius 3 is 2.39 bits per heavy atom. The molecule has 1 unspecified atom stereocenters. The Bertz CT molecular complexity index is 408. The van der Waals surface area contributed by atoms with E-state index in [1.807, 2.05) is 0 Å². The zero-order chi connectivity index (χ0) is 13.8. The molecule has 7 heteroatoms.